The second-order valence-corrected chi connectivity index (χ2v) is 7.23. The van der Waals surface area contributed by atoms with Gasteiger partial charge in [0.25, 0.3) is 10.2 Å². The molecule has 2 rings (SSSR count). The fraction of sp³-hybridized carbons (Fsp3) is 0.538. The Labute approximate surface area is 127 Å². The highest BCUT2D eigenvalue weighted by Crippen LogP contribution is 2.36. The summed E-state index contributed by atoms with van der Waals surface area (Å²) in [5.74, 6) is 0. The van der Waals surface area contributed by atoms with Gasteiger partial charge in [0, 0.05) is 27.2 Å². The molecule has 0 unspecified atom stereocenters. The van der Waals surface area contributed by atoms with E-state index in [1.54, 1.807) is 0 Å². The Morgan fingerprint density at radius 2 is 1.91 bits per heavy atom. The highest BCUT2D eigenvalue weighted by atomic mass is 32.2. The molecule has 0 radical (unpaired) electrons. The summed E-state index contributed by atoms with van der Waals surface area (Å²) in [6, 6.07) is 5.06. The van der Waals surface area contributed by atoms with Gasteiger partial charge in [-0.05, 0) is 11.6 Å². The summed E-state index contributed by atoms with van der Waals surface area (Å²) < 4.78 is 71.0. The molecule has 1 aromatic carbocycles. The summed E-state index contributed by atoms with van der Waals surface area (Å²) >= 11 is 0. The number of ether oxygens (including phenoxy) is 1. The highest BCUT2D eigenvalue weighted by Gasteiger charge is 2.38. The van der Waals surface area contributed by atoms with Crippen molar-refractivity contribution < 1.29 is 26.3 Å². The molecule has 0 spiro atoms. The molecule has 1 fully saturated rings. The first-order chi connectivity index (χ1) is 10.1. The largest absolute Gasteiger partial charge is 0.416 e. The van der Waals surface area contributed by atoms with Crippen molar-refractivity contribution in [1.82, 2.24) is 8.61 Å². The molecule has 0 amide bonds. The van der Waals surface area contributed by atoms with Gasteiger partial charge in [0.05, 0.1) is 18.3 Å². The zero-order valence-corrected chi connectivity index (χ0v) is 13.0. The van der Waals surface area contributed by atoms with Crippen LogP contribution >= 0.6 is 0 Å². The molecule has 0 saturated carbocycles. The fourth-order valence-electron chi connectivity index (χ4n) is 2.29. The van der Waals surface area contributed by atoms with Gasteiger partial charge in [0.2, 0.25) is 0 Å². The minimum absolute atomic E-state index is 0.0456. The number of nitrogens with zero attached hydrogens (tertiary/aromatic N) is 2. The summed E-state index contributed by atoms with van der Waals surface area (Å²) in [6.07, 6.45) is -5.45. The van der Waals surface area contributed by atoms with Crippen LogP contribution in [0, 0.1) is 0 Å². The van der Waals surface area contributed by atoms with E-state index in [-0.39, 0.29) is 25.3 Å². The zero-order chi connectivity index (χ0) is 16.5. The summed E-state index contributed by atoms with van der Waals surface area (Å²) in [6.45, 7) is 0.0166. The summed E-state index contributed by atoms with van der Waals surface area (Å²) in [4.78, 5) is 0. The van der Waals surface area contributed by atoms with E-state index in [1.807, 2.05) is 0 Å². The molecule has 1 aromatic rings. The molecule has 9 heteroatoms. The first-order valence-electron chi connectivity index (χ1n) is 6.59. The van der Waals surface area contributed by atoms with Crippen LogP contribution in [-0.4, -0.2) is 50.8 Å². The molecule has 124 valence electrons. The van der Waals surface area contributed by atoms with Crippen LogP contribution in [-0.2, 0) is 21.1 Å². The van der Waals surface area contributed by atoms with Crippen LogP contribution < -0.4 is 0 Å². The third kappa shape index (κ3) is 3.43. The molecule has 1 aliphatic heterocycles. The summed E-state index contributed by atoms with van der Waals surface area (Å²) in [5, 5.41) is 0. The number of hydrogen-bond donors (Lipinski definition) is 0. The average Bonchev–Trinajstić information content (AvgIpc) is 2.46. The van der Waals surface area contributed by atoms with Crippen molar-refractivity contribution in [3.05, 3.63) is 35.4 Å². The highest BCUT2D eigenvalue weighted by molar-refractivity contribution is 7.86. The molecule has 0 N–H and O–H groups in total. The molecule has 22 heavy (non-hydrogen) atoms. The molecule has 0 aliphatic carbocycles. The second-order valence-electron chi connectivity index (χ2n) is 5.09. The minimum Gasteiger partial charge on any atom is -0.371 e. The van der Waals surface area contributed by atoms with E-state index in [2.05, 4.69) is 0 Å². The van der Waals surface area contributed by atoms with E-state index < -0.39 is 28.1 Å². The lowest BCUT2D eigenvalue weighted by molar-refractivity contribution is -0.140. The lowest BCUT2D eigenvalue weighted by atomic mass is 10.0. The van der Waals surface area contributed by atoms with E-state index in [9.17, 15) is 21.6 Å². The van der Waals surface area contributed by atoms with Crippen LogP contribution in [0.25, 0.3) is 0 Å². The lowest BCUT2D eigenvalue weighted by Gasteiger charge is -2.34. The number of rotatable bonds is 3. The van der Waals surface area contributed by atoms with Crippen molar-refractivity contribution in [3.8, 4) is 0 Å². The van der Waals surface area contributed by atoms with Crippen molar-refractivity contribution in [2.45, 2.75) is 12.3 Å². The zero-order valence-electron chi connectivity index (χ0n) is 12.2. The monoisotopic (exact) mass is 338 g/mol. The van der Waals surface area contributed by atoms with Gasteiger partial charge in [-0.25, -0.2) is 0 Å². The first kappa shape index (κ1) is 17.2. The van der Waals surface area contributed by atoms with Crippen LogP contribution in [0.15, 0.2) is 24.3 Å². The Kier molecular flexibility index (Phi) is 4.81. The van der Waals surface area contributed by atoms with Crippen LogP contribution in [0.1, 0.15) is 17.2 Å². The van der Waals surface area contributed by atoms with Gasteiger partial charge >= 0.3 is 6.18 Å². The van der Waals surface area contributed by atoms with Crippen molar-refractivity contribution >= 4 is 10.2 Å². The van der Waals surface area contributed by atoms with Crippen molar-refractivity contribution in [2.75, 3.05) is 33.8 Å². The van der Waals surface area contributed by atoms with Gasteiger partial charge in [0.1, 0.15) is 0 Å². The second kappa shape index (κ2) is 6.15. The standard InChI is InChI=1S/C13H17F3N2O3S/c1-17(2)22(19,20)18-7-8-21-12(9-18)10-5-3-4-6-11(10)13(14,15)16/h3-6,12H,7-9H2,1-2H3/t12-/m1/s1. The number of hydrogen-bond acceptors (Lipinski definition) is 3. The molecule has 0 bridgehead atoms. The fourth-order valence-corrected chi connectivity index (χ4v) is 3.38. The van der Waals surface area contributed by atoms with Crippen molar-refractivity contribution in [2.24, 2.45) is 0 Å². The number of benzene rings is 1. The Balaban J connectivity index is 2.32. The molecular formula is C13H17F3N2O3S. The Morgan fingerprint density at radius 3 is 2.50 bits per heavy atom. The van der Waals surface area contributed by atoms with E-state index in [1.165, 1.54) is 32.3 Å². The van der Waals surface area contributed by atoms with Crippen molar-refractivity contribution in [3.63, 3.8) is 0 Å². The summed E-state index contributed by atoms with van der Waals surface area (Å²) in [5.41, 5.74) is -0.849. The summed E-state index contributed by atoms with van der Waals surface area (Å²) in [7, 11) is -0.927. The average molecular weight is 338 g/mol. The third-order valence-electron chi connectivity index (χ3n) is 3.43. The first-order valence-corrected chi connectivity index (χ1v) is 7.99. The normalized spacial score (nSPS) is 21.3. The smallest absolute Gasteiger partial charge is 0.371 e. The van der Waals surface area contributed by atoms with Crippen LogP contribution in [0.3, 0.4) is 0 Å². The lowest BCUT2D eigenvalue weighted by Crippen LogP contribution is -2.47. The van der Waals surface area contributed by atoms with E-state index in [4.69, 9.17) is 4.74 Å². The van der Waals surface area contributed by atoms with E-state index in [0.29, 0.717) is 0 Å². The Hall–Kier alpha value is -1.16. The number of halogens is 3. The maximum absolute atomic E-state index is 13.1. The van der Waals surface area contributed by atoms with Crippen LogP contribution in [0.5, 0.6) is 0 Å². The third-order valence-corrected chi connectivity index (χ3v) is 5.34. The topological polar surface area (TPSA) is 49.9 Å². The Bertz CT molecular complexity index is 632. The number of morpholine rings is 1. The predicted octanol–water partition coefficient (Wildman–Crippen LogP) is 1.89. The Morgan fingerprint density at radius 1 is 1.27 bits per heavy atom. The SMILES string of the molecule is CN(C)S(=O)(=O)N1CCO[C@@H](c2ccccc2C(F)(F)F)C1. The van der Waals surface area contributed by atoms with Gasteiger partial charge in [-0.2, -0.15) is 30.2 Å². The van der Waals surface area contributed by atoms with Gasteiger partial charge in [-0.3, -0.25) is 0 Å². The van der Waals surface area contributed by atoms with Crippen LogP contribution in [0.2, 0.25) is 0 Å². The maximum atomic E-state index is 13.1. The molecule has 0 aromatic heterocycles. The van der Waals surface area contributed by atoms with Crippen molar-refractivity contribution in [1.29, 1.82) is 0 Å². The molecule has 1 atom stereocenters. The predicted molar refractivity (Wildman–Crippen MR) is 74.3 cm³/mol. The quantitative estimate of drug-likeness (QED) is 0.846. The molecule has 5 nitrogen and oxygen atoms in total. The molecule has 1 heterocycles. The van der Waals surface area contributed by atoms with E-state index in [0.717, 1.165) is 14.7 Å². The van der Waals surface area contributed by atoms with E-state index >= 15 is 0 Å². The molecular weight excluding hydrogens is 321 g/mol. The number of alkyl halides is 3. The minimum atomic E-state index is -4.51. The molecule has 1 aliphatic rings. The molecule has 1 saturated heterocycles. The van der Waals surface area contributed by atoms with Gasteiger partial charge < -0.3 is 4.74 Å². The van der Waals surface area contributed by atoms with Crippen LogP contribution in [0.4, 0.5) is 13.2 Å². The van der Waals surface area contributed by atoms with Gasteiger partial charge in [0.15, 0.2) is 0 Å². The maximum Gasteiger partial charge on any atom is 0.416 e. The van der Waals surface area contributed by atoms with Gasteiger partial charge in [-0.15, -0.1) is 0 Å². The van der Waals surface area contributed by atoms with Gasteiger partial charge in [-0.1, -0.05) is 18.2 Å².